The molecule has 0 saturated carbocycles. The highest BCUT2D eigenvalue weighted by molar-refractivity contribution is 5.77. The van der Waals surface area contributed by atoms with Gasteiger partial charge in [0.2, 0.25) is 5.91 Å². The average Bonchev–Trinajstić information content (AvgIpc) is 2.68. The van der Waals surface area contributed by atoms with Crippen molar-refractivity contribution in [1.82, 2.24) is 19.9 Å². The van der Waals surface area contributed by atoms with Gasteiger partial charge in [0.15, 0.2) is 5.65 Å². The van der Waals surface area contributed by atoms with Gasteiger partial charge in [0.1, 0.15) is 12.9 Å². The molecule has 2 heterocycles. The molecule has 1 amide bonds. The van der Waals surface area contributed by atoms with Crippen molar-refractivity contribution in [2.75, 3.05) is 0 Å². The summed E-state index contributed by atoms with van der Waals surface area (Å²) in [5.41, 5.74) is 4.60. The normalized spacial score (nSPS) is 16.0. The molecule has 0 spiro atoms. The van der Waals surface area contributed by atoms with Crippen molar-refractivity contribution >= 4 is 16.9 Å². The molecule has 0 saturated heterocycles. The van der Waals surface area contributed by atoms with E-state index in [-0.39, 0.29) is 18.0 Å². The summed E-state index contributed by atoms with van der Waals surface area (Å²) < 4.78 is 1.36. The largest absolute Gasteiger partial charge is 0.350 e. The molecule has 1 aliphatic carbocycles. The number of carbonyl (C=O) groups is 1. The van der Waals surface area contributed by atoms with Crippen LogP contribution in [0.25, 0.3) is 11.0 Å². The number of nitrogens with one attached hydrogen (secondary N) is 1. The van der Waals surface area contributed by atoms with Crippen molar-refractivity contribution in [2.24, 2.45) is 5.92 Å². The fraction of sp³-hybridized carbons (Fsp3) is 0.364. The zero-order valence-corrected chi connectivity index (χ0v) is 16.2. The minimum absolute atomic E-state index is 0.0545. The van der Waals surface area contributed by atoms with Crippen molar-refractivity contribution < 1.29 is 4.79 Å². The third-order valence-corrected chi connectivity index (χ3v) is 5.31. The van der Waals surface area contributed by atoms with Crippen LogP contribution >= 0.6 is 0 Å². The molecule has 1 N–H and O–H groups in total. The van der Waals surface area contributed by atoms with Crippen molar-refractivity contribution in [3.63, 3.8) is 0 Å². The number of aromatic nitrogens is 3. The van der Waals surface area contributed by atoms with Crippen LogP contribution in [0, 0.1) is 12.8 Å². The Balaban J connectivity index is 1.53. The summed E-state index contributed by atoms with van der Waals surface area (Å²) in [4.78, 5) is 34.1. The van der Waals surface area contributed by atoms with Gasteiger partial charge in [0.25, 0.3) is 5.56 Å². The molecule has 6 heteroatoms. The lowest BCUT2D eigenvalue weighted by Gasteiger charge is -2.20. The molecule has 1 atom stereocenters. The molecule has 4 rings (SSSR count). The summed E-state index contributed by atoms with van der Waals surface area (Å²) in [6, 6.07) is 9.89. The molecular weight excluding hydrogens is 352 g/mol. The lowest BCUT2D eigenvalue weighted by Crippen LogP contribution is -2.32. The van der Waals surface area contributed by atoms with Crippen molar-refractivity contribution in [2.45, 2.75) is 46.2 Å². The van der Waals surface area contributed by atoms with Gasteiger partial charge in [-0.05, 0) is 49.3 Å². The van der Waals surface area contributed by atoms with Crippen molar-refractivity contribution in [3.05, 3.63) is 69.4 Å². The molecule has 2 aromatic heterocycles. The first-order valence-electron chi connectivity index (χ1n) is 9.70. The van der Waals surface area contributed by atoms with Crippen molar-refractivity contribution in [1.29, 1.82) is 0 Å². The van der Waals surface area contributed by atoms with E-state index >= 15 is 0 Å². The summed E-state index contributed by atoms with van der Waals surface area (Å²) in [7, 11) is 0. The molecule has 6 nitrogen and oxygen atoms in total. The quantitative estimate of drug-likeness (QED) is 0.759. The van der Waals surface area contributed by atoms with E-state index in [4.69, 9.17) is 0 Å². The number of nitrogens with zero attached hydrogens (tertiary/aromatic N) is 3. The standard InChI is InChI=1S/C22H24N4O2/c1-14-4-3-5-16(8-14)11-23-20(27)12-26-13-24-21-18(22(26)28)10-17-9-15(2)6-7-19(17)25-21/h3-5,8,10,13,15H,6-7,9,11-12H2,1-2H3,(H,23,27)/t15-/m1/s1. The average molecular weight is 376 g/mol. The molecule has 0 aliphatic heterocycles. The number of hydrogen-bond acceptors (Lipinski definition) is 4. The molecule has 144 valence electrons. The number of rotatable bonds is 4. The molecule has 0 bridgehead atoms. The van der Waals surface area contributed by atoms with Gasteiger partial charge in [-0.15, -0.1) is 0 Å². The van der Waals surface area contributed by atoms with E-state index in [1.165, 1.54) is 10.9 Å². The van der Waals surface area contributed by atoms with E-state index < -0.39 is 0 Å². The molecule has 1 aromatic carbocycles. The molecule has 28 heavy (non-hydrogen) atoms. The summed E-state index contributed by atoms with van der Waals surface area (Å²) in [6.07, 6.45) is 4.40. The Labute approximate surface area is 163 Å². The zero-order chi connectivity index (χ0) is 19.7. The van der Waals surface area contributed by atoms with Gasteiger partial charge in [-0.1, -0.05) is 36.8 Å². The van der Waals surface area contributed by atoms with Gasteiger partial charge in [-0.3, -0.25) is 14.2 Å². The molecule has 0 fully saturated rings. The molecule has 1 aliphatic rings. The highest BCUT2D eigenvalue weighted by atomic mass is 16.2. The summed E-state index contributed by atoms with van der Waals surface area (Å²) >= 11 is 0. The summed E-state index contributed by atoms with van der Waals surface area (Å²) in [5.74, 6) is 0.377. The van der Waals surface area contributed by atoms with E-state index in [1.807, 2.05) is 37.3 Å². The van der Waals surface area contributed by atoms with Crippen LogP contribution in [-0.2, 0) is 30.7 Å². The predicted octanol–water partition coefficient (Wildman–Crippen LogP) is 2.54. The second-order valence-electron chi connectivity index (χ2n) is 7.76. The van der Waals surface area contributed by atoms with Crippen LogP contribution in [0.5, 0.6) is 0 Å². The van der Waals surface area contributed by atoms with Crippen LogP contribution in [0.1, 0.15) is 35.7 Å². The topological polar surface area (TPSA) is 76.9 Å². The zero-order valence-electron chi connectivity index (χ0n) is 16.2. The summed E-state index contributed by atoms with van der Waals surface area (Å²) in [5, 5.41) is 3.35. The van der Waals surface area contributed by atoms with Crippen LogP contribution in [0.2, 0.25) is 0 Å². The van der Waals surface area contributed by atoms with Gasteiger partial charge in [-0.2, -0.15) is 0 Å². The van der Waals surface area contributed by atoms with Crippen LogP contribution in [0.4, 0.5) is 0 Å². The molecular formula is C22H24N4O2. The minimum atomic E-state index is -0.218. The van der Waals surface area contributed by atoms with Gasteiger partial charge in [-0.25, -0.2) is 9.97 Å². The van der Waals surface area contributed by atoms with Gasteiger partial charge < -0.3 is 5.32 Å². The van der Waals surface area contributed by atoms with E-state index in [2.05, 4.69) is 22.2 Å². The Kier molecular flexibility index (Phi) is 4.94. The second-order valence-corrected chi connectivity index (χ2v) is 7.76. The molecule has 0 unspecified atom stereocenters. The van der Waals surface area contributed by atoms with E-state index in [0.29, 0.717) is 23.5 Å². The number of hydrogen-bond donors (Lipinski definition) is 1. The van der Waals surface area contributed by atoms with Gasteiger partial charge >= 0.3 is 0 Å². The lowest BCUT2D eigenvalue weighted by molar-refractivity contribution is -0.121. The first kappa shape index (κ1) is 18.3. The van der Waals surface area contributed by atoms with Crippen LogP contribution in [0.15, 0.2) is 41.5 Å². The fourth-order valence-electron chi connectivity index (χ4n) is 3.77. The van der Waals surface area contributed by atoms with E-state index in [0.717, 1.165) is 41.6 Å². The second kappa shape index (κ2) is 7.54. The number of benzene rings is 1. The minimum Gasteiger partial charge on any atom is -0.350 e. The maximum absolute atomic E-state index is 12.9. The fourth-order valence-corrected chi connectivity index (χ4v) is 3.77. The predicted molar refractivity (Wildman–Crippen MR) is 108 cm³/mol. The third-order valence-electron chi connectivity index (χ3n) is 5.31. The smallest absolute Gasteiger partial charge is 0.263 e. The number of pyridine rings is 1. The van der Waals surface area contributed by atoms with Crippen molar-refractivity contribution in [3.8, 4) is 0 Å². The Morgan fingerprint density at radius 1 is 1.32 bits per heavy atom. The number of carbonyl (C=O) groups excluding carboxylic acids is 1. The monoisotopic (exact) mass is 376 g/mol. The Bertz CT molecular complexity index is 1100. The van der Waals surface area contributed by atoms with Crippen LogP contribution in [-0.4, -0.2) is 20.4 Å². The SMILES string of the molecule is Cc1cccc(CNC(=O)Cn2cnc3nc4c(cc3c2=O)C[C@H](C)CC4)c1. The van der Waals surface area contributed by atoms with E-state index in [9.17, 15) is 9.59 Å². The Morgan fingerprint density at radius 2 is 2.18 bits per heavy atom. The molecule has 0 radical (unpaired) electrons. The highest BCUT2D eigenvalue weighted by Gasteiger charge is 2.19. The third kappa shape index (κ3) is 3.81. The first-order chi connectivity index (χ1) is 13.5. The van der Waals surface area contributed by atoms with Crippen LogP contribution in [0.3, 0.4) is 0 Å². The Morgan fingerprint density at radius 3 is 3.00 bits per heavy atom. The number of aryl methyl sites for hydroxylation is 2. The maximum Gasteiger partial charge on any atom is 0.263 e. The number of fused-ring (bicyclic) bond motifs is 2. The molecule has 3 aromatic rings. The van der Waals surface area contributed by atoms with E-state index in [1.54, 1.807) is 0 Å². The lowest BCUT2D eigenvalue weighted by atomic mass is 9.87. The van der Waals surface area contributed by atoms with Crippen LogP contribution < -0.4 is 10.9 Å². The highest BCUT2D eigenvalue weighted by Crippen LogP contribution is 2.25. The van der Waals surface area contributed by atoms with Gasteiger partial charge in [0.05, 0.1) is 5.39 Å². The maximum atomic E-state index is 12.9. The first-order valence-corrected chi connectivity index (χ1v) is 9.70. The van der Waals surface area contributed by atoms with Gasteiger partial charge in [0, 0.05) is 12.2 Å². The number of amides is 1. The summed E-state index contributed by atoms with van der Waals surface area (Å²) in [6.45, 7) is 4.61. The Hall–Kier alpha value is -3.02.